The van der Waals surface area contributed by atoms with Gasteiger partial charge < -0.3 is 19.7 Å². The number of pyridine rings is 1. The lowest BCUT2D eigenvalue weighted by atomic mass is 9.93. The van der Waals surface area contributed by atoms with E-state index in [1.807, 2.05) is 11.8 Å². The van der Waals surface area contributed by atoms with Crippen molar-refractivity contribution in [2.75, 3.05) is 41.9 Å². The minimum Gasteiger partial charge on any atom is -0.481 e. The van der Waals surface area contributed by atoms with E-state index in [0.29, 0.717) is 68.0 Å². The first kappa shape index (κ1) is 36.6. The second-order valence-corrected chi connectivity index (χ2v) is 12.3. The van der Waals surface area contributed by atoms with Crippen molar-refractivity contribution in [2.45, 2.75) is 77.3 Å². The molecule has 50 heavy (non-hydrogen) atoms. The summed E-state index contributed by atoms with van der Waals surface area (Å²) in [6.45, 7) is 6.14. The summed E-state index contributed by atoms with van der Waals surface area (Å²) in [5.41, 5.74) is -1.52. The smallest absolute Gasteiger partial charge is 0.416 e. The Bertz CT molecular complexity index is 1680. The number of aromatic nitrogens is 3. The third kappa shape index (κ3) is 8.05. The normalized spacial score (nSPS) is 18.4. The van der Waals surface area contributed by atoms with Crippen LogP contribution in [0.4, 0.5) is 48.5 Å². The third-order valence-electron chi connectivity index (χ3n) is 9.06. The number of halogens is 6. The molecule has 4 heterocycles. The van der Waals surface area contributed by atoms with E-state index >= 15 is 0 Å². The van der Waals surface area contributed by atoms with Crippen LogP contribution in [-0.4, -0.2) is 59.7 Å². The number of nitrogens with one attached hydrogen (secondary N) is 1. The van der Waals surface area contributed by atoms with Gasteiger partial charge in [-0.1, -0.05) is 6.92 Å². The Morgan fingerprint density at radius 2 is 1.62 bits per heavy atom. The first-order valence-corrected chi connectivity index (χ1v) is 16.3. The van der Waals surface area contributed by atoms with Crippen LogP contribution in [0, 0.1) is 5.92 Å². The predicted octanol–water partition coefficient (Wildman–Crippen LogP) is 7.61. The van der Waals surface area contributed by atoms with E-state index in [9.17, 15) is 35.9 Å². The maximum atomic E-state index is 13.7. The van der Waals surface area contributed by atoms with Gasteiger partial charge in [-0.3, -0.25) is 9.69 Å². The van der Waals surface area contributed by atoms with Crippen LogP contribution in [0.15, 0.2) is 36.5 Å². The van der Waals surface area contributed by atoms with Crippen LogP contribution in [0.5, 0.6) is 5.88 Å². The molecule has 0 aliphatic carbocycles. The maximum absolute atomic E-state index is 13.7. The highest BCUT2D eigenvalue weighted by Gasteiger charge is 2.39. The highest BCUT2D eigenvalue weighted by molar-refractivity contribution is 5.90. The van der Waals surface area contributed by atoms with Crippen molar-refractivity contribution < 1.29 is 45.4 Å². The Balaban J connectivity index is 1.56. The number of Topliss-reactive ketones (excluding diaryl/α,β-unsaturated/α-hetero) is 1. The zero-order chi connectivity index (χ0) is 36.4. The quantitative estimate of drug-likeness (QED) is 0.225. The number of fused-ring (bicyclic) bond motifs is 1. The number of ketones is 1. The molecule has 1 amide bonds. The molecule has 2 aliphatic rings. The molecule has 2 aromatic heterocycles. The Kier molecular flexibility index (Phi) is 10.8. The molecule has 0 radical (unpaired) electrons. The van der Waals surface area contributed by atoms with E-state index in [2.05, 4.69) is 20.3 Å². The van der Waals surface area contributed by atoms with Gasteiger partial charge in [-0.15, -0.1) is 0 Å². The van der Waals surface area contributed by atoms with Gasteiger partial charge in [0.2, 0.25) is 11.8 Å². The van der Waals surface area contributed by atoms with E-state index in [0.717, 1.165) is 0 Å². The molecule has 270 valence electrons. The van der Waals surface area contributed by atoms with Crippen LogP contribution in [0.2, 0.25) is 0 Å². The van der Waals surface area contributed by atoms with Crippen LogP contribution in [0.25, 0.3) is 0 Å². The van der Waals surface area contributed by atoms with Gasteiger partial charge in [-0.2, -0.15) is 26.3 Å². The van der Waals surface area contributed by atoms with Gasteiger partial charge in [0.1, 0.15) is 5.78 Å². The van der Waals surface area contributed by atoms with E-state index in [1.54, 1.807) is 19.1 Å². The number of amides is 1. The van der Waals surface area contributed by atoms with Crippen molar-refractivity contribution in [2.24, 2.45) is 5.92 Å². The summed E-state index contributed by atoms with van der Waals surface area (Å²) in [5, 5.41) is 3.25. The molecule has 10 nitrogen and oxygen atoms in total. The SMILES string of the molecule is CCOC(=O)N1c2ccc(OC)nc2[C@@H](Nc2ncc(N3CCC(C(C)=O)CC3)c(Cc3cc(C(F)(F)F)cc(C(F)(F)F)c3)n2)C[C@H]1CC. The number of carbonyl (C=O) groups excluding carboxylic acids is 2. The lowest BCUT2D eigenvalue weighted by Gasteiger charge is -2.39. The minimum atomic E-state index is -5.01. The molecular formula is C34H38F6N6O4. The average molecular weight is 709 g/mol. The van der Waals surface area contributed by atoms with Gasteiger partial charge in [0, 0.05) is 37.5 Å². The summed E-state index contributed by atoms with van der Waals surface area (Å²) >= 11 is 0. The molecule has 0 spiro atoms. The van der Waals surface area contributed by atoms with Crippen LogP contribution >= 0.6 is 0 Å². The maximum Gasteiger partial charge on any atom is 0.416 e. The van der Waals surface area contributed by atoms with Gasteiger partial charge in [0.15, 0.2) is 0 Å². The highest BCUT2D eigenvalue weighted by Crippen LogP contribution is 2.41. The summed E-state index contributed by atoms with van der Waals surface area (Å²) < 4.78 is 93.1. The summed E-state index contributed by atoms with van der Waals surface area (Å²) in [6.07, 6.45) is -7.48. The van der Waals surface area contributed by atoms with Gasteiger partial charge in [-0.25, -0.2) is 19.7 Å². The lowest BCUT2D eigenvalue weighted by molar-refractivity contribution is -0.143. The summed E-state index contributed by atoms with van der Waals surface area (Å²) in [7, 11) is 1.45. The Labute approximate surface area is 285 Å². The van der Waals surface area contributed by atoms with Crippen molar-refractivity contribution in [1.82, 2.24) is 15.0 Å². The number of rotatable bonds is 9. The fourth-order valence-corrected chi connectivity index (χ4v) is 6.50. The molecule has 0 unspecified atom stereocenters. The molecular weight excluding hydrogens is 670 g/mol. The number of ether oxygens (including phenoxy) is 2. The molecule has 0 saturated carbocycles. The number of hydrogen-bond acceptors (Lipinski definition) is 9. The predicted molar refractivity (Wildman–Crippen MR) is 172 cm³/mol. The number of piperidine rings is 1. The zero-order valence-corrected chi connectivity index (χ0v) is 28.0. The van der Waals surface area contributed by atoms with E-state index in [1.165, 1.54) is 25.1 Å². The molecule has 3 aromatic rings. The molecule has 1 N–H and O–H groups in total. The molecule has 5 rings (SSSR count). The molecule has 1 saturated heterocycles. The minimum absolute atomic E-state index is 0.0502. The van der Waals surface area contributed by atoms with Crippen LogP contribution < -0.4 is 19.9 Å². The number of benzene rings is 1. The van der Waals surface area contributed by atoms with Gasteiger partial charge in [0.25, 0.3) is 0 Å². The molecule has 2 atom stereocenters. The number of nitrogens with zero attached hydrogens (tertiary/aromatic N) is 5. The highest BCUT2D eigenvalue weighted by atomic mass is 19.4. The lowest BCUT2D eigenvalue weighted by Crippen LogP contribution is -2.46. The van der Waals surface area contributed by atoms with E-state index in [-0.39, 0.29) is 59.9 Å². The molecule has 16 heteroatoms. The van der Waals surface area contributed by atoms with Crippen molar-refractivity contribution in [1.29, 1.82) is 0 Å². The van der Waals surface area contributed by atoms with Crippen molar-refractivity contribution in [3.63, 3.8) is 0 Å². The van der Waals surface area contributed by atoms with Crippen molar-refractivity contribution in [3.05, 3.63) is 64.6 Å². The standard InChI is InChI=1S/C34H38F6N6O4/c1-5-24-17-26(30-27(7-8-29(44-30)49-4)46(24)32(48)50-6-2)43-31-41-18-28(45-11-9-21(10-12-45)19(3)47)25(42-31)15-20-13-22(33(35,36)37)16-23(14-20)34(38,39)40/h7-8,13-14,16,18,21,24,26H,5-6,9-12,15,17H2,1-4H3,(H,41,42,43)/t24-,26+/m1/s1. The fourth-order valence-electron chi connectivity index (χ4n) is 6.50. The number of hydrogen-bond donors (Lipinski definition) is 1. The third-order valence-corrected chi connectivity index (χ3v) is 9.06. The largest absolute Gasteiger partial charge is 0.481 e. The molecule has 2 aliphatic heterocycles. The topological polar surface area (TPSA) is 110 Å². The Morgan fingerprint density at radius 3 is 2.18 bits per heavy atom. The number of methoxy groups -OCH3 is 1. The zero-order valence-electron chi connectivity index (χ0n) is 28.0. The number of anilines is 3. The number of alkyl halides is 6. The average Bonchev–Trinajstić information content (AvgIpc) is 3.07. The van der Waals surface area contributed by atoms with Gasteiger partial charge in [-0.05, 0) is 69.4 Å². The summed E-state index contributed by atoms with van der Waals surface area (Å²) in [4.78, 5) is 42.2. The second kappa shape index (κ2) is 14.7. The van der Waals surface area contributed by atoms with Crippen LogP contribution in [0.1, 0.15) is 80.6 Å². The van der Waals surface area contributed by atoms with Crippen LogP contribution in [-0.2, 0) is 28.3 Å². The Morgan fingerprint density at radius 1 is 0.960 bits per heavy atom. The fraction of sp³-hybridized carbons (Fsp3) is 0.500. The van der Waals surface area contributed by atoms with E-state index in [4.69, 9.17) is 9.47 Å². The van der Waals surface area contributed by atoms with Gasteiger partial charge >= 0.3 is 18.4 Å². The van der Waals surface area contributed by atoms with E-state index < -0.39 is 35.6 Å². The van der Waals surface area contributed by atoms with Crippen molar-refractivity contribution >= 4 is 29.2 Å². The molecule has 1 fully saturated rings. The Hall–Kier alpha value is -4.63. The van der Waals surface area contributed by atoms with Crippen LogP contribution in [0.3, 0.4) is 0 Å². The number of carbonyl (C=O) groups is 2. The molecule has 0 bridgehead atoms. The second-order valence-electron chi connectivity index (χ2n) is 12.3. The monoisotopic (exact) mass is 708 g/mol. The summed E-state index contributed by atoms with van der Waals surface area (Å²) in [6, 6.07) is 3.91. The summed E-state index contributed by atoms with van der Waals surface area (Å²) in [5.74, 6) is 0.246. The first-order chi connectivity index (χ1) is 23.6. The van der Waals surface area contributed by atoms with Crippen molar-refractivity contribution in [3.8, 4) is 5.88 Å². The molecule has 1 aromatic carbocycles. The first-order valence-electron chi connectivity index (χ1n) is 16.3. The van der Waals surface area contributed by atoms with Gasteiger partial charge in [0.05, 0.1) is 59.8 Å².